The molecular formula is C14H19NO3. The molecule has 4 nitrogen and oxygen atoms in total. The van der Waals surface area contributed by atoms with Gasteiger partial charge in [-0.2, -0.15) is 0 Å². The van der Waals surface area contributed by atoms with E-state index in [1.807, 2.05) is 12.1 Å². The minimum atomic E-state index is -0.200. The fourth-order valence-electron chi connectivity index (χ4n) is 2.45. The molecule has 0 amide bonds. The molecule has 0 radical (unpaired) electrons. The Bertz CT molecular complexity index is 431. The SMILES string of the molecule is COC(=O)CCNC1CCCc2ccc(O)cc21. The molecular weight excluding hydrogens is 230 g/mol. The predicted molar refractivity (Wildman–Crippen MR) is 68.4 cm³/mol. The summed E-state index contributed by atoms with van der Waals surface area (Å²) >= 11 is 0. The molecule has 0 spiro atoms. The third-order valence-electron chi connectivity index (χ3n) is 3.39. The molecule has 0 aromatic heterocycles. The summed E-state index contributed by atoms with van der Waals surface area (Å²) in [4.78, 5) is 11.1. The van der Waals surface area contributed by atoms with Crippen LogP contribution in [-0.2, 0) is 16.0 Å². The number of carbonyl (C=O) groups is 1. The van der Waals surface area contributed by atoms with Gasteiger partial charge in [0.15, 0.2) is 0 Å². The number of phenols is 1. The van der Waals surface area contributed by atoms with Gasteiger partial charge in [-0.3, -0.25) is 4.79 Å². The van der Waals surface area contributed by atoms with E-state index in [9.17, 15) is 9.90 Å². The zero-order valence-corrected chi connectivity index (χ0v) is 10.6. The lowest BCUT2D eigenvalue weighted by Crippen LogP contribution is -2.27. The Labute approximate surface area is 107 Å². The molecule has 1 atom stereocenters. The van der Waals surface area contributed by atoms with Gasteiger partial charge in [-0.25, -0.2) is 0 Å². The molecule has 98 valence electrons. The molecule has 1 unspecified atom stereocenters. The van der Waals surface area contributed by atoms with E-state index in [0.717, 1.165) is 24.8 Å². The topological polar surface area (TPSA) is 58.6 Å². The molecule has 0 saturated heterocycles. The number of fused-ring (bicyclic) bond motifs is 1. The number of esters is 1. The Morgan fingerprint density at radius 2 is 2.39 bits per heavy atom. The Kier molecular flexibility index (Phi) is 4.20. The fraction of sp³-hybridized carbons (Fsp3) is 0.500. The van der Waals surface area contributed by atoms with Gasteiger partial charge >= 0.3 is 5.97 Å². The second kappa shape index (κ2) is 5.87. The molecule has 18 heavy (non-hydrogen) atoms. The van der Waals surface area contributed by atoms with E-state index in [0.29, 0.717) is 18.7 Å². The number of hydrogen-bond donors (Lipinski definition) is 2. The number of hydrogen-bond acceptors (Lipinski definition) is 4. The van der Waals surface area contributed by atoms with Gasteiger partial charge in [0.05, 0.1) is 13.5 Å². The summed E-state index contributed by atoms with van der Waals surface area (Å²) in [5.41, 5.74) is 2.45. The Morgan fingerprint density at radius 1 is 1.56 bits per heavy atom. The Hall–Kier alpha value is -1.55. The van der Waals surface area contributed by atoms with Crippen molar-refractivity contribution in [3.8, 4) is 5.75 Å². The molecule has 2 N–H and O–H groups in total. The van der Waals surface area contributed by atoms with E-state index in [4.69, 9.17) is 0 Å². The lowest BCUT2D eigenvalue weighted by atomic mass is 9.87. The summed E-state index contributed by atoms with van der Waals surface area (Å²) in [6.45, 7) is 0.604. The third-order valence-corrected chi connectivity index (χ3v) is 3.39. The second-order valence-corrected chi connectivity index (χ2v) is 4.61. The van der Waals surface area contributed by atoms with Crippen LogP contribution in [0.2, 0.25) is 0 Å². The summed E-state index contributed by atoms with van der Waals surface area (Å²) in [6, 6.07) is 5.77. The van der Waals surface area contributed by atoms with Gasteiger partial charge in [0.25, 0.3) is 0 Å². The number of benzene rings is 1. The molecule has 0 heterocycles. The predicted octanol–water partition coefficient (Wildman–Crippen LogP) is 1.92. The standard InChI is InChI=1S/C14H19NO3/c1-18-14(17)7-8-15-13-4-2-3-10-5-6-11(16)9-12(10)13/h5-6,9,13,15-16H,2-4,7-8H2,1H3. The number of aromatic hydroxyl groups is 1. The Morgan fingerprint density at radius 3 is 3.17 bits per heavy atom. The minimum Gasteiger partial charge on any atom is -0.508 e. The maximum absolute atomic E-state index is 11.1. The first-order valence-corrected chi connectivity index (χ1v) is 6.32. The number of carbonyl (C=O) groups excluding carboxylic acids is 1. The number of methoxy groups -OCH3 is 1. The van der Waals surface area contributed by atoms with Crippen LogP contribution in [0, 0.1) is 0 Å². The van der Waals surface area contributed by atoms with Crippen molar-refractivity contribution in [2.75, 3.05) is 13.7 Å². The van der Waals surface area contributed by atoms with Gasteiger partial charge in [0.2, 0.25) is 0 Å². The van der Waals surface area contributed by atoms with Crippen molar-refractivity contribution in [1.82, 2.24) is 5.32 Å². The van der Waals surface area contributed by atoms with Crippen LogP contribution in [0.1, 0.15) is 36.4 Å². The van der Waals surface area contributed by atoms with Crippen molar-refractivity contribution >= 4 is 5.97 Å². The molecule has 2 rings (SSSR count). The van der Waals surface area contributed by atoms with Crippen molar-refractivity contribution in [3.63, 3.8) is 0 Å². The van der Waals surface area contributed by atoms with Crippen molar-refractivity contribution in [2.24, 2.45) is 0 Å². The average molecular weight is 249 g/mol. The quantitative estimate of drug-likeness (QED) is 0.800. The van der Waals surface area contributed by atoms with Crippen LogP contribution in [0.15, 0.2) is 18.2 Å². The smallest absolute Gasteiger partial charge is 0.306 e. The van der Waals surface area contributed by atoms with Crippen LogP contribution in [0.5, 0.6) is 5.75 Å². The molecule has 0 aliphatic heterocycles. The second-order valence-electron chi connectivity index (χ2n) is 4.61. The summed E-state index contributed by atoms with van der Waals surface area (Å²) in [7, 11) is 1.40. The molecule has 1 aliphatic rings. The maximum Gasteiger partial charge on any atom is 0.306 e. The van der Waals surface area contributed by atoms with Gasteiger partial charge in [0.1, 0.15) is 5.75 Å². The van der Waals surface area contributed by atoms with Crippen LogP contribution in [0.3, 0.4) is 0 Å². The van der Waals surface area contributed by atoms with E-state index in [1.54, 1.807) is 6.07 Å². The first kappa shape index (κ1) is 12.9. The van der Waals surface area contributed by atoms with Gasteiger partial charge < -0.3 is 15.2 Å². The molecule has 1 aromatic rings. The lowest BCUT2D eigenvalue weighted by Gasteiger charge is -2.26. The monoisotopic (exact) mass is 249 g/mol. The van der Waals surface area contributed by atoms with Gasteiger partial charge in [-0.15, -0.1) is 0 Å². The van der Waals surface area contributed by atoms with Crippen LogP contribution in [0.4, 0.5) is 0 Å². The van der Waals surface area contributed by atoms with Crippen molar-refractivity contribution in [1.29, 1.82) is 0 Å². The Balaban J connectivity index is 1.99. The highest BCUT2D eigenvalue weighted by atomic mass is 16.5. The number of phenolic OH excluding ortho intramolecular Hbond substituents is 1. The van der Waals surface area contributed by atoms with E-state index >= 15 is 0 Å². The van der Waals surface area contributed by atoms with E-state index in [2.05, 4.69) is 10.1 Å². The fourth-order valence-corrected chi connectivity index (χ4v) is 2.45. The molecule has 0 saturated carbocycles. The highest BCUT2D eigenvalue weighted by Crippen LogP contribution is 2.31. The first-order valence-electron chi connectivity index (χ1n) is 6.32. The number of nitrogens with one attached hydrogen (secondary N) is 1. The largest absolute Gasteiger partial charge is 0.508 e. The van der Waals surface area contributed by atoms with Crippen LogP contribution in [0.25, 0.3) is 0 Å². The van der Waals surface area contributed by atoms with E-state index in [1.165, 1.54) is 12.7 Å². The zero-order chi connectivity index (χ0) is 13.0. The van der Waals surface area contributed by atoms with Crippen molar-refractivity contribution < 1.29 is 14.6 Å². The lowest BCUT2D eigenvalue weighted by molar-refractivity contribution is -0.140. The van der Waals surface area contributed by atoms with E-state index in [-0.39, 0.29) is 12.0 Å². The van der Waals surface area contributed by atoms with Gasteiger partial charge in [-0.1, -0.05) is 6.07 Å². The molecule has 4 heteroatoms. The molecule has 1 aromatic carbocycles. The van der Waals surface area contributed by atoms with E-state index < -0.39 is 0 Å². The van der Waals surface area contributed by atoms with Crippen LogP contribution < -0.4 is 5.32 Å². The third kappa shape index (κ3) is 3.01. The summed E-state index contributed by atoms with van der Waals surface area (Å²) in [5, 5.41) is 12.9. The number of rotatable bonds is 4. The number of ether oxygens (including phenoxy) is 1. The molecule has 1 aliphatic carbocycles. The summed E-state index contributed by atoms with van der Waals surface area (Å²) in [6.07, 6.45) is 3.61. The highest BCUT2D eigenvalue weighted by molar-refractivity contribution is 5.69. The van der Waals surface area contributed by atoms with Crippen LogP contribution in [-0.4, -0.2) is 24.7 Å². The number of aryl methyl sites for hydroxylation is 1. The maximum atomic E-state index is 11.1. The summed E-state index contributed by atoms with van der Waals surface area (Å²) < 4.78 is 4.61. The van der Waals surface area contributed by atoms with Gasteiger partial charge in [-0.05, 0) is 42.5 Å². The average Bonchev–Trinajstić information content (AvgIpc) is 2.39. The first-order chi connectivity index (χ1) is 8.70. The van der Waals surface area contributed by atoms with Crippen molar-refractivity contribution in [3.05, 3.63) is 29.3 Å². The van der Waals surface area contributed by atoms with Crippen LogP contribution >= 0.6 is 0 Å². The molecule has 0 bridgehead atoms. The zero-order valence-electron chi connectivity index (χ0n) is 10.6. The normalized spacial score (nSPS) is 18.2. The highest BCUT2D eigenvalue weighted by Gasteiger charge is 2.20. The van der Waals surface area contributed by atoms with Crippen molar-refractivity contribution in [2.45, 2.75) is 31.7 Å². The minimum absolute atomic E-state index is 0.200. The molecule has 0 fully saturated rings. The summed E-state index contributed by atoms with van der Waals surface area (Å²) in [5.74, 6) is 0.102. The van der Waals surface area contributed by atoms with Gasteiger partial charge in [0, 0.05) is 12.6 Å².